The molecular weight excluding hydrogens is 463 g/mol. The molecule has 0 saturated carbocycles. The Morgan fingerprint density at radius 2 is 1.64 bits per heavy atom. The van der Waals surface area contributed by atoms with Crippen LogP contribution in [0.5, 0.6) is 0 Å². The van der Waals surface area contributed by atoms with Crippen LogP contribution in [0.1, 0.15) is 28.5 Å². The van der Waals surface area contributed by atoms with Gasteiger partial charge in [-0.25, -0.2) is 4.98 Å². The summed E-state index contributed by atoms with van der Waals surface area (Å²) >= 11 is 0. The maximum Gasteiger partial charge on any atom is 0.214 e. The van der Waals surface area contributed by atoms with Gasteiger partial charge in [-0.2, -0.15) is 0 Å². The van der Waals surface area contributed by atoms with Gasteiger partial charge >= 0.3 is 0 Å². The van der Waals surface area contributed by atoms with Gasteiger partial charge < -0.3 is 15.1 Å². The van der Waals surface area contributed by atoms with Crippen LogP contribution in [0.25, 0.3) is 11.1 Å². The highest BCUT2D eigenvalue weighted by Crippen LogP contribution is 2.21. The second-order valence-electron chi connectivity index (χ2n) is 6.60. The molecule has 0 aliphatic carbocycles. The van der Waals surface area contributed by atoms with Gasteiger partial charge in [0.25, 0.3) is 0 Å². The molecule has 0 bridgehead atoms. The number of benzene rings is 2. The lowest BCUT2D eigenvalue weighted by molar-refractivity contribution is 0.463. The molecular formula is C22H27IN4O. The number of aromatic nitrogens is 1. The van der Waals surface area contributed by atoms with E-state index >= 15 is 0 Å². The van der Waals surface area contributed by atoms with Crippen LogP contribution < -0.4 is 10.6 Å². The quantitative estimate of drug-likeness (QED) is 0.308. The number of hydrogen-bond acceptors (Lipinski definition) is 3. The van der Waals surface area contributed by atoms with E-state index in [4.69, 9.17) is 4.42 Å². The van der Waals surface area contributed by atoms with Crippen LogP contribution in [0, 0.1) is 20.8 Å². The minimum absolute atomic E-state index is 0. The zero-order valence-corrected chi connectivity index (χ0v) is 19.1. The molecule has 1 heterocycles. The van der Waals surface area contributed by atoms with Crippen molar-refractivity contribution < 1.29 is 4.42 Å². The van der Waals surface area contributed by atoms with Crippen LogP contribution in [0.2, 0.25) is 0 Å². The minimum Gasteiger partial charge on any atom is -0.444 e. The summed E-state index contributed by atoms with van der Waals surface area (Å²) < 4.78 is 5.59. The molecule has 0 aliphatic heterocycles. The zero-order valence-electron chi connectivity index (χ0n) is 16.7. The topological polar surface area (TPSA) is 62.5 Å². The Hall–Kier alpha value is -2.35. The Labute approximate surface area is 183 Å². The number of rotatable bonds is 5. The molecule has 5 nitrogen and oxygen atoms in total. The molecule has 1 aromatic heterocycles. The Bertz CT molecular complexity index is 930. The van der Waals surface area contributed by atoms with Crippen LogP contribution in [0.15, 0.2) is 57.9 Å². The van der Waals surface area contributed by atoms with Gasteiger partial charge in [-0.05, 0) is 43.5 Å². The van der Waals surface area contributed by atoms with Gasteiger partial charge in [0, 0.05) is 13.6 Å². The summed E-state index contributed by atoms with van der Waals surface area (Å²) in [7, 11) is 1.75. The van der Waals surface area contributed by atoms with Crippen molar-refractivity contribution in [2.45, 2.75) is 33.9 Å². The van der Waals surface area contributed by atoms with Crippen molar-refractivity contribution in [1.82, 2.24) is 15.6 Å². The van der Waals surface area contributed by atoms with Crippen molar-refractivity contribution in [3.63, 3.8) is 0 Å². The number of hydrogen-bond donors (Lipinski definition) is 2. The van der Waals surface area contributed by atoms with Crippen molar-refractivity contribution in [2.24, 2.45) is 4.99 Å². The Morgan fingerprint density at radius 3 is 2.29 bits per heavy atom. The summed E-state index contributed by atoms with van der Waals surface area (Å²) in [5, 5.41) is 6.57. The van der Waals surface area contributed by atoms with Gasteiger partial charge in [0.1, 0.15) is 5.76 Å². The smallest absolute Gasteiger partial charge is 0.214 e. The Morgan fingerprint density at radius 1 is 0.964 bits per heavy atom. The molecule has 0 fully saturated rings. The second-order valence-corrected chi connectivity index (χ2v) is 6.60. The predicted molar refractivity (Wildman–Crippen MR) is 125 cm³/mol. The fraction of sp³-hybridized carbons (Fsp3) is 0.273. The van der Waals surface area contributed by atoms with Crippen LogP contribution >= 0.6 is 24.0 Å². The third-order valence-electron chi connectivity index (χ3n) is 4.44. The summed E-state index contributed by atoms with van der Waals surface area (Å²) in [6.45, 7) is 7.15. The summed E-state index contributed by atoms with van der Waals surface area (Å²) in [6, 6.07) is 17.1. The molecule has 3 aromatic rings. The highest BCUT2D eigenvalue weighted by atomic mass is 127. The number of aliphatic imine (C=N–C) groups is 1. The van der Waals surface area contributed by atoms with Crippen molar-refractivity contribution in [2.75, 3.05) is 7.05 Å². The van der Waals surface area contributed by atoms with E-state index in [0.29, 0.717) is 24.9 Å². The monoisotopic (exact) mass is 490 g/mol. The van der Waals surface area contributed by atoms with E-state index in [-0.39, 0.29) is 24.0 Å². The fourth-order valence-corrected chi connectivity index (χ4v) is 2.87. The molecule has 0 aliphatic rings. The van der Waals surface area contributed by atoms with E-state index in [9.17, 15) is 0 Å². The maximum atomic E-state index is 5.59. The number of aryl methyl sites for hydroxylation is 3. The summed E-state index contributed by atoms with van der Waals surface area (Å²) in [5.74, 6) is 2.22. The van der Waals surface area contributed by atoms with Gasteiger partial charge in [-0.15, -0.1) is 24.0 Å². The molecule has 0 saturated heterocycles. The van der Waals surface area contributed by atoms with Crippen LogP contribution in [-0.4, -0.2) is 18.0 Å². The highest BCUT2D eigenvalue weighted by Gasteiger charge is 2.07. The summed E-state index contributed by atoms with van der Waals surface area (Å²) in [5.41, 5.74) is 5.82. The van der Waals surface area contributed by atoms with Gasteiger partial charge in [-0.3, -0.25) is 4.99 Å². The molecule has 2 aromatic carbocycles. The van der Waals surface area contributed by atoms with E-state index in [2.05, 4.69) is 76.1 Å². The Kier molecular flexibility index (Phi) is 8.04. The van der Waals surface area contributed by atoms with Gasteiger partial charge in [0.2, 0.25) is 5.89 Å². The molecule has 28 heavy (non-hydrogen) atoms. The molecule has 6 heteroatoms. The van der Waals surface area contributed by atoms with E-state index in [1.807, 2.05) is 13.8 Å². The summed E-state index contributed by atoms with van der Waals surface area (Å²) in [4.78, 5) is 8.64. The van der Waals surface area contributed by atoms with E-state index in [0.717, 1.165) is 11.5 Å². The first-order valence-corrected chi connectivity index (χ1v) is 9.08. The van der Waals surface area contributed by atoms with Crippen molar-refractivity contribution >= 4 is 29.9 Å². The fourth-order valence-electron chi connectivity index (χ4n) is 2.87. The third-order valence-corrected chi connectivity index (χ3v) is 4.44. The molecule has 0 unspecified atom stereocenters. The van der Waals surface area contributed by atoms with Crippen LogP contribution in [-0.2, 0) is 13.1 Å². The lowest BCUT2D eigenvalue weighted by Gasteiger charge is -2.12. The van der Waals surface area contributed by atoms with E-state index in [1.54, 1.807) is 7.05 Å². The lowest BCUT2D eigenvalue weighted by Crippen LogP contribution is -2.36. The number of oxazole rings is 1. The molecule has 0 spiro atoms. The number of nitrogens with zero attached hydrogens (tertiary/aromatic N) is 2. The number of nitrogens with one attached hydrogen (secondary N) is 2. The third kappa shape index (κ3) is 5.82. The van der Waals surface area contributed by atoms with Crippen LogP contribution in [0.3, 0.4) is 0 Å². The largest absolute Gasteiger partial charge is 0.444 e. The lowest BCUT2D eigenvalue weighted by atomic mass is 10.0. The molecule has 2 N–H and O–H groups in total. The molecule has 0 atom stereocenters. The number of halogens is 1. The Balaban J connectivity index is 0.00000280. The van der Waals surface area contributed by atoms with E-state index in [1.165, 1.54) is 22.3 Å². The number of guanidine groups is 1. The zero-order chi connectivity index (χ0) is 19.2. The van der Waals surface area contributed by atoms with Crippen LogP contribution in [0.4, 0.5) is 0 Å². The summed E-state index contributed by atoms with van der Waals surface area (Å²) in [6.07, 6.45) is 0. The average molecular weight is 490 g/mol. The first-order chi connectivity index (χ1) is 13.0. The normalized spacial score (nSPS) is 11.1. The SMILES string of the molecule is CN=C(NCc1cccc(-c2cccc(C)c2)c1)NCc1nc(C)c(C)o1.I. The van der Waals surface area contributed by atoms with E-state index < -0.39 is 0 Å². The van der Waals surface area contributed by atoms with Gasteiger partial charge in [0.05, 0.1) is 12.2 Å². The van der Waals surface area contributed by atoms with Crippen molar-refractivity contribution in [1.29, 1.82) is 0 Å². The molecule has 0 amide bonds. The maximum absolute atomic E-state index is 5.59. The predicted octanol–water partition coefficient (Wildman–Crippen LogP) is 4.75. The first-order valence-electron chi connectivity index (χ1n) is 9.08. The standard InChI is InChI=1S/C22H26N4O.HI/c1-15-7-5-9-19(11-15)20-10-6-8-18(12-20)13-24-22(23-4)25-14-21-26-16(2)17(3)27-21;/h5-12H,13-14H2,1-4H3,(H2,23,24,25);1H. The average Bonchev–Trinajstić information content (AvgIpc) is 3.00. The highest BCUT2D eigenvalue weighted by molar-refractivity contribution is 14.0. The minimum atomic E-state index is 0. The second kappa shape index (κ2) is 10.3. The van der Waals surface area contributed by atoms with Gasteiger partial charge in [-0.1, -0.05) is 48.0 Å². The van der Waals surface area contributed by atoms with Crippen molar-refractivity contribution in [3.8, 4) is 11.1 Å². The van der Waals surface area contributed by atoms with Crippen molar-refractivity contribution in [3.05, 3.63) is 77.0 Å². The first kappa shape index (κ1) is 21.9. The molecule has 3 rings (SSSR count). The van der Waals surface area contributed by atoms with Gasteiger partial charge in [0.15, 0.2) is 5.96 Å². The molecule has 148 valence electrons. The molecule has 0 radical (unpaired) electrons.